The Kier molecular flexibility index (Phi) is 11.9. The number of phenols is 8. The molecule has 4 unspecified atom stereocenters. The van der Waals surface area contributed by atoms with E-state index in [1.807, 2.05) is 0 Å². The van der Waals surface area contributed by atoms with Crippen LogP contribution >= 0.6 is 0 Å². The molecule has 4 aliphatic heterocycles. The molecule has 1 fully saturated rings. The van der Waals surface area contributed by atoms with Crippen molar-refractivity contribution in [1.82, 2.24) is 0 Å². The fourth-order valence-corrected chi connectivity index (χ4v) is 9.97. The molecule has 4 heterocycles. The van der Waals surface area contributed by atoms with Gasteiger partial charge in [-0.1, -0.05) is 12.1 Å². The predicted octanol–water partition coefficient (Wildman–Crippen LogP) is 3.03. The summed E-state index contributed by atoms with van der Waals surface area (Å²) in [5, 5.41) is 139. The van der Waals surface area contributed by atoms with Gasteiger partial charge in [-0.2, -0.15) is 0 Å². The number of aliphatic hydroxyl groups excluding tert-OH is 2. The van der Waals surface area contributed by atoms with Gasteiger partial charge in [0.2, 0.25) is 5.60 Å². The number of ether oxygens (including phenoxy) is 8. The minimum absolute atomic E-state index is 0.0880. The van der Waals surface area contributed by atoms with Gasteiger partial charge in [-0.15, -0.1) is 0 Å². The first kappa shape index (κ1) is 52.6. The van der Waals surface area contributed by atoms with Gasteiger partial charge in [0, 0.05) is 60.4 Å². The maximum atomic E-state index is 14.1. The molecule has 0 spiro atoms. The van der Waals surface area contributed by atoms with E-state index in [0.717, 1.165) is 85.0 Å². The van der Waals surface area contributed by atoms with Gasteiger partial charge in [0.05, 0.1) is 6.10 Å². The highest BCUT2D eigenvalue weighted by Gasteiger charge is 2.72. The van der Waals surface area contributed by atoms with Crippen LogP contribution in [-0.2, 0) is 35.4 Å². The van der Waals surface area contributed by atoms with Crippen LogP contribution in [0.25, 0.3) is 12.2 Å². The Morgan fingerprint density at radius 2 is 0.938 bits per heavy atom. The zero-order chi connectivity index (χ0) is 57.9. The zero-order valence-corrected chi connectivity index (χ0v) is 40.8. The monoisotopic (exact) mass is 1120 g/mol. The lowest BCUT2D eigenvalue weighted by Crippen LogP contribution is -2.70. The van der Waals surface area contributed by atoms with Crippen molar-refractivity contribution in [1.29, 1.82) is 0 Å². The molecule has 0 saturated heterocycles. The second-order valence-electron chi connectivity index (χ2n) is 19.1. The molecule has 0 aromatic heterocycles. The number of aliphatic hydroxyl groups is 4. The lowest BCUT2D eigenvalue weighted by atomic mass is 9.79. The summed E-state index contributed by atoms with van der Waals surface area (Å²) in [4.78, 5) is 67.7. The fourth-order valence-electron chi connectivity index (χ4n) is 9.97. The van der Waals surface area contributed by atoms with Gasteiger partial charge in [-0.25, -0.2) is 14.4 Å². The second kappa shape index (κ2) is 18.3. The van der Waals surface area contributed by atoms with Crippen molar-refractivity contribution in [2.75, 3.05) is 0 Å². The third kappa shape index (κ3) is 8.23. The third-order valence-electron chi connectivity index (χ3n) is 13.9. The first-order valence-corrected chi connectivity index (χ1v) is 23.8. The van der Waals surface area contributed by atoms with Crippen molar-refractivity contribution in [3.8, 4) is 80.5 Å². The molecule has 1 saturated carbocycles. The molecule has 0 bridgehead atoms. The van der Waals surface area contributed by atoms with Crippen LogP contribution in [0.15, 0.2) is 109 Å². The number of phenolic OH excluding ortho intramolecular Hbond substituents is 8. The number of carbonyl (C=O) groups is 5. The Bertz CT molecular complexity index is 3800. The highest BCUT2D eigenvalue weighted by atomic mass is 16.8. The summed E-state index contributed by atoms with van der Waals surface area (Å²) >= 11 is 0. The van der Waals surface area contributed by atoms with Gasteiger partial charge < -0.3 is 104 Å². The van der Waals surface area contributed by atoms with Crippen molar-refractivity contribution >= 4 is 41.6 Å². The Hall–Kier alpha value is -10.4. The summed E-state index contributed by atoms with van der Waals surface area (Å²) < 4.78 is 46.7. The third-order valence-corrected chi connectivity index (χ3v) is 13.9. The number of hydrogen-bond donors (Lipinski definition) is 13. The number of fused-ring (bicyclic) bond motifs is 6. The van der Waals surface area contributed by atoms with Gasteiger partial charge >= 0.3 is 41.1 Å². The second-order valence-corrected chi connectivity index (χ2v) is 19.1. The molecule has 13 N–H and O–H groups in total. The van der Waals surface area contributed by atoms with Crippen LogP contribution in [0, 0.1) is 0 Å². The first-order chi connectivity index (χ1) is 38.3. The van der Waals surface area contributed by atoms with E-state index >= 15 is 0 Å². The molecule has 5 aliphatic rings. The largest absolute Gasteiger partial charge is 0.508 e. The normalized spacial score (nSPS) is 26.7. The Morgan fingerprint density at radius 3 is 1.43 bits per heavy atom. The summed E-state index contributed by atoms with van der Waals surface area (Å²) in [5.41, 5.74) is -4.29. The minimum atomic E-state index is -3.21. The standard InChI is InChI=1S/C55H40O26/c56-27-18-34(63)46-40(19-27)79-54(25-5-7-29(58)31(60)15-25)53(73,49(46)69)76-38-13-23(2-10-37(38)77-54)3-11-43(65)74-42-22-51(50(70)71,21-35(64)47(42)67)81-44(66)12-4-24-1-9-36-39(14-24)78-55(26-6-8-30(59)32(61)16-26)52(72,75-36)48(68)45-33(62)17-28(57)20-41(45)80-55/h1-20,35,42,47,56-64,67,72-73H,21-22H2,(H,70,71)/b11-3+,12-4+/t35-,42-,47+,51-,52?,53?,54?,55?/m1/s1. The summed E-state index contributed by atoms with van der Waals surface area (Å²) in [6, 6.07) is 16.9. The topological polar surface area (TPSA) is 422 Å². The van der Waals surface area contributed by atoms with E-state index in [2.05, 4.69) is 0 Å². The van der Waals surface area contributed by atoms with E-state index in [9.17, 15) is 90.4 Å². The molecular formula is C55H40O26. The maximum absolute atomic E-state index is 14.1. The fraction of sp³-hybridized carbons (Fsp3) is 0.182. The van der Waals surface area contributed by atoms with Crippen molar-refractivity contribution in [3.63, 3.8) is 0 Å². The number of carboxylic acid groups (broad SMARTS) is 1. The molecule has 416 valence electrons. The van der Waals surface area contributed by atoms with Crippen LogP contribution in [0.1, 0.15) is 55.8 Å². The van der Waals surface area contributed by atoms with Gasteiger partial charge in [0.25, 0.3) is 11.6 Å². The van der Waals surface area contributed by atoms with E-state index in [4.69, 9.17) is 37.9 Å². The van der Waals surface area contributed by atoms with E-state index in [-0.39, 0.29) is 45.3 Å². The van der Waals surface area contributed by atoms with Crippen LogP contribution in [-0.4, -0.2) is 131 Å². The molecule has 11 rings (SSSR count). The van der Waals surface area contributed by atoms with Crippen molar-refractivity contribution < 1.29 is 128 Å². The number of carboxylic acids is 1. The quantitative estimate of drug-likeness (QED) is 0.0562. The molecule has 0 radical (unpaired) electrons. The van der Waals surface area contributed by atoms with E-state index in [1.54, 1.807) is 0 Å². The number of carbonyl (C=O) groups excluding carboxylic acids is 4. The summed E-state index contributed by atoms with van der Waals surface area (Å²) in [7, 11) is 0. The molecule has 1 aliphatic carbocycles. The number of aliphatic carboxylic acids is 1. The van der Waals surface area contributed by atoms with Crippen LogP contribution in [0.5, 0.6) is 80.5 Å². The van der Waals surface area contributed by atoms with Crippen LogP contribution in [0.4, 0.5) is 0 Å². The maximum Gasteiger partial charge on any atom is 0.357 e. The van der Waals surface area contributed by atoms with Crippen LogP contribution in [0.3, 0.4) is 0 Å². The molecule has 6 aromatic carbocycles. The zero-order valence-electron chi connectivity index (χ0n) is 40.8. The molecular weight excluding hydrogens is 1080 g/mol. The average molecular weight is 1120 g/mol. The molecule has 6 aromatic rings. The number of ketones is 2. The first-order valence-electron chi connectivity index (χ1n) is 23.8. The molecule has 8 atom stereocenters. The van der Waals surface area contributed by atoms with E-state index in [1.165, 1.54) is 36.4 Å². The number of benzene rings is 6. The summed E-state index contributed by atoms with van der Waals surface area (Å²) in [6.07, 6.45) is -3.67. The predicted molar refractivity (Wildman–Crippen MR) is 263 cm³/mol. The number of Topliss-reactive ketones (excluding diaryl/α,β-unsaturated/α-hetero) is 2. The highest BCUT2D eigenvalue weighted by molar-refractivity contribution is 6.09. The molecule has 81 heavy (non-hydrogen) atoms. The lowest BCUT2D eigenvalue weighted by molar-refractivity contribution is -0.316. The van der Waals surface area contributed by atoms with Gasteiger partial charge in [0.1, 0.15) is 57.8 Å². The highest BCUT2D eigenvalue weighted by Crippen LogP contribution is 2.58. The van der Waals surface area contributed by atoms with E-state index < -0.39 is 158 Å². The average Bonchev–Trinajstić information content (AvgIpc) is 3.02. The van der Waals surface area contributed by atoms with Gasteiger partial charge in [-0.3, -0.25) is 9.59 Å². The summed E-state index contributed by atoms with van der Waals surface area (Å²) in [6.45, 7) is 0. The Morgan fingerprint density at radius 1 is 0.494 bits per heavy atom. The number of esters is 2. The lowest BCUT2D eigenvalue weighted by Gasteiger charge is -2.50. The number of aromatic hydroxyl groups is 8. The van der Waals surface area contributed by atoms with Crippen molar-refractivity contribution in [3.05, 3.63) is 143 Å². The number of hydrogen-bond acceptors (Lipinski definition) is 25. The SMILES string of the molecule is O=C(/C=C/c1ccc2c(c1)OC1(O)C(=O)c3c(O)cc(O)cc3OC1(c1ccc(O)c(O)c1)O2)O[C@@H]1C[C@@](OC(=O)/C=C/c2ccc3c(c2)OC2(c4ccc(O)c(O)c4)Oc4cc(O)cc(O)c4C(=O)C2(O)O3)(C(=O)O)C[C@@H](O)[C@@H]1O. The summed E-state index contributed by atoms with van der Waals surface area (Å²) in [5.74, 6) is -26.4. The van der Waals surface area contributed by atoms with Crippen LogP contribution < -0.4 is 28.4 Å². The smallest absolute Gasteiger partial charge is 0.357 e. The molecule has 0 amide bonds. The minimum Gasteiger partial charge on any atom is -0.508 e. The Labute approximate surface area is 451 Å². The number of rotatable bonds is 9. The van der Waals surface area contributed by atoms with Gasteiger partial charge in [-0.05, 0) is 83.9 Å². The van der Waals surface area contributed by atoms with E-state index in [0.29, 0.717) is 0 Å². The Balaban J connectivity index is 0.805. The molecule has 26 heteroatoms. The van der Waals surface area contributed by atoms with Crippen LogP contribution in [0.2, 0.25) is 0 Å². The van der Waals surface area contributed by atoms with Crippen molar-refractivity contribution in [2.24, 2.45) is 0 Å². The van der Waals surface area contributed by atoms with Crippen molar-refractivity contribution in [2.45, 2.75) is 59.9 Å². The van der Waals surface area contributed by atoms with Gasteiger partial charge in [0.15, 0.2) is 46.0 Å². The molecule has 26 nitrogen and oxygen atoms in total.